The molecule has 0 aliphatic carbocycles. The summed E-state index contributed by atoms with van der Waals surface area (Å²) in [6.07, 6.45) is 2.41. The zero-order valence-electron chi connectivity index (χ0n) is 11.0. The third-order valence-corrected chi connectivity index (χ3v) is 3.87. The van der Waals surface area contributed by atoms with Crippen LogP contribution in [0.4, 0.5) is 4.79 Å². The van der Waals surface area contributed by atoms with Gasteiger partial charge in [-0.3, -0.25) is 10.7 Å². The van der Waals surface area contributed by atoms with E-state index in [1.807, 2.05) is 0 Å². The Bertz CT molecular complexity index is 347. The molecule has 2 amide bonds. The van der Waals surface area contributed by atoms with E-state index in [0.29, 0.717) is 38.4 Å². The van der Waals surface area contributed by atoms with Gasteiger partial charge in [-0.05, 0) is 6.42 Å². The lowest BCUT2D eigenvalue weighted by Gasteiger charge is -2.42. The molecule has 2 aliphatic rings. The molecule has 2 unspecified atom stereocenters. The van der Waals surface area contributed by atoms with Crippen molar-refractivity contribution in [2.24, 2.45) is 0 Å². The van der Waals surface area contributed by atoms with E-state index in [2.05, 4.69) is 12.2 Å². The van der Waals surface area contributed by atoms with Gasteiger partial charge in [-0.15, -0.1) is 0 Å². The van der Waals surface area contributed by atoms with Crippen molar-refractivity contribution in [3.8, 4) is 0 Å². The smallest absolute Gasteiger partial charge is 0.323 e. The number of amidine groups is 1. The molecule has 6 nitrogen and oxygen atoms in total. The van der Waals surface area contributed by atoms with Gasteiger partial charge in [-0.2, -0.15) is 0 Å². The molecule has 2 heterocycles. The van der Waals surface area contributed by atoms with Gasteiger partial charge >= 0.3 is 6.03 Å². The molecule has 2 atom stereocenters. The Morgan fingerprint density at radius 3 is 3.11 bits per heavy atom. The van der Waals surface area contributed by atoms with Crippen molar-refractivity contribution in [1.82, 2.24) is 10.2 Å². The van der Waals surface area contributed by atoms with Crippen molar-refractivity contribution in [1.29, 1.82) is 5.41 Å². The van der Waals surface area contributed by atoms with Gasteiger partial charge in [0.25, 0.3) is 0 Å². The van der Waals surface area contributed by atoms with Crippen LogP contribution in [0.1, 0.15) is 26.2 Å². The van der Waals surface area contributed by atoms with Crippen molar-refractivity contribution >= 4 is 11.9 Å². The first-order chi connectivity index (χ1) is 8.64. The van der Waals surface area contributed by atoms with Crippen LogP contribution in [0.3, 0.4) is 0 Å². The van der Waals surface area contributed by atoms with Crippen molar-refractivity contribution in [2.75, 3.05) is 26.9 Å². The summed E-state index contributed by atoms with van der Waals surface area (Å²) in [5, 5.41) is 10.7. The number of urea groups is 1. The standard InChI is InChI=1S/C12H21N3O3/c1-3-9-8-12(4-6-18-9)10(13)14-11(16)15(12)5-7-17-2/h9H,3-8H2,1-2H3,(H2,13,14,16). The van der Waals surface area contributed by atoms with Crippen molar-refractivity contribution < 1.29 is 14.3 Å². The first-order valence-electron chi connectivity index (χ1n) is 6.42. The Hall–Kier alpha value is -1.14. The number of methoxy groups -OCH3 is 1. The van der Waals surface area contributed by atoms with Crippen LogP contribution in [0.5, 0.6) is 0 Å². The fourth-order valence-corrected chi connectivity index (χ4v) is 2.78. The molecule has 0 radical (unpaired) electrons. The fraction of sp³-hybridized carbons (Fsp3) is 0.833. The molecular weight excluding hydrogens is 234 g/mol. The quantitative estimate of drug-likeness (QED) is 0.785. The Balaban J connectivity index is 2.20. The largest absolute Gasteiger partial charge is 0.383 e. The lowest BCUT2D eigenvalue weighted by atomic mass is 9.84. The predicted molar refractivity (Wildman–Crippen MR) is 66.8 cm³/mol. The van der Waals surface area contributed by atoms with Crippen LogP contribution in [-0.2, 0) is 9.47 Å². The SMILES string of the molecule is CCC1CC2(CCO1)C(=N)NC(=O)N2CCOC. The molecule has 6 heteroatoms. The summed E-state index contributed by atoms with van der Waals surface area (Å²) >= 11 is 0. The van der Waals surface area contributed by atoms with Crippen LogP contribution < -0.4 is 5.32 Å². The van der Waals surface area contributed by atoms with Crippen LogP contribution in [0.15, 0.2) is 0 Å². The molecule has 2 aliphatic heterocycles. The number of hydrogen-bond acceptors (Lipinski definition) is 4. The molecular formula is C12H21N3O3. The maximum absolute atomic E-state index is 11.9. The maximum Gasteiger partial charge on any atom is 0.323 e. The molecule has 0 bridgehead atoms. The van der Waals surface area contributed by atoms with Crippen LogP contribution in [-0.4, -0.2) is 55.3 Å². The minimum atomic E-state index is -0.505. The minimum Gasteiger partial charge on any atom is -0.383 e. The highest BCUT2D eigenvalue weighted by Crippen LogP contribution is 2.35. The van der Waals surface area contributed by atoms with Crippen LogP contribution in [0.2, 0.25) is 0 Å². The maximum atomic E-state index is 11.9. The number of carbonyl (C=O) groups excluding carboxylic acids is 1. The Morgan fingerprint density at radius 1 is 1.67 bits per heavy atom. The number of rotatable bonds is 4. The highest BCUT2D eigenvalue weighted by molar-refractivity contribution is 6.08. The summed E-state index contributed by atoms with van der Waals surface area (Å²) in [5.41, 5.74) is -0.505. The number of nitrogens with zero attached hydrogens (tertiary/aromatic N) is 1. The second-order valence-electron chi connectivity index (χ2n) is 4.84. The summed E-state index contributed by atoms with van der Waals surface area (Å²) in [7, 11) is 1.62. The van der Waals surface area contributed by atoms with E-state index in [4.69, 9.17) is 14.9 Å². The monoisotopic (exact) mass is 255 g/mol. The topological polar surface area (TPSA) is 74.7 Å². The minimum absolute atomic E-state index is 0.122. The van der Waals surface area contributed by atoms with Crippen molar-refractivity contribution in [3.05, 3.63) is 0 Å². The molecule has 0 aromatic heterocycles. The highest BCUT2D eigenvalue weighted by Gasteiger charge is 2.52. The van der Waals surface area contributed by atoms with E-state index in [-0.39, 0.29) is 12.1 Å². The van der Waals surface area contributed by atoms with Crippen LogP contribution in [0, 0.1) is 5.41 Å². The summed E-state index contributed by atoms with van der Waals surface area (Å²) in [6.45, 7) is 3.66. The first kappa shape index (κ1) is 13.3. The van der Waals surface area contributed by atoms with Crippen molar-refractivity contribution in [3.63, 3.8) is 0 Å². The molecule has 2 saturated heterocycles. The summed E-state index contributed by atoms with van der Waals surface area (Å²) in [6, 6.07) is -0.186. The van der Waals surface area contributed by atoms with E-state index in [0.717, 1.165) is 6.42 Å². The molecule has 0 aromatic carbocycles. The van der Waals surface area contributed by atoms with Crippen molar-refractivity contribution in [2.45, 2.75) is 37.8 Å². The summed E-state index contributed by atoms with van der Waals surface area (Å²) in [4.78, 5) is 13.7. The number of ether oxygens (including phenoxy) is 2. The average molecular weight is 255 g/mol. The van der Waals surface area contributed by atoms with E-state index < -0.39 is 5.54 Å². The Morgan fingerprint density at radius 2 is 2.44 bits per heavy atom. The highest BCUT2D eigenvalue weighted by atomic mass is 16.5. The third kappa shape index (κ3) is 2.10. The molecule has 18 heavy (non-hydrogen) atoms. The van der Waals surface area contributed by atoms with E-state index in [1.54, 1.807) is 12.0 Å². The van der Waals surface area contributed by atoms with Gasteiger partial charge < -0.3 is 14.4 Å². The normalized spacial score (nSPS) is 32.1. The molecule has 1 spiro atoms. The van der Waals surface area contributed by atoms with Gasteiger partial charge in [0, 0.05) is 33.1 Å². The van der Waals surface area contributed by atoms with E-state index >= 15 is 0 Å². The molecule has 2 fully saturated rings. The van der Waals surface area contributed by atoms with Gasteiger partial charge in [-0.25, -0.2) is 4.79 Å². The Kier molecular flexibility index (Phi) is 3.87. The number of amides is 2. The van der Waals surface area contributed by atoms with Gasteiger partial charge in [-0.1, -0.05) is 6.92 Å². The van der Waals surface area contributed by atoms with E-state index in [1.165, 1.54) is 0 Å². The zero-order valence-corrected chi connectivity index (χ0v) is 11.0. The van der Waals surface area contributed by atoms with Gasteiger partial charge in [0.2, 0.25) is 0 Å². The van der Waals surface area contributed by atoms with Crippen LogP contribution >= 0.6 is 0 Å². The molecule has 0 aromatic rings. The summed E-state index contributed by atoms with van der Waals surface area (Å²) < 4.78 is 10.7. The van der Waals surface area contributed by atoms with Gasteiger partial charge in [0.05, 0.1) is 12.7 Å². The molecule has 2 rings (SSSR count). The summed E-state index contributed by atoms with van der Waals surface area (Å²) in [5.74, 6) is 0.311. The number of carbonyl (C=O) groups is 1. The predicted octanol–water partition coefficient (Wildman–Crippen LogP) is 0.963. The average Bonchev–Trinajstić information content (AvgIpc) is 2.59. The van der Waals surface area contributed by atoms with Gasteiger partial charge in [0.1, 0.15) is 11.4 Å². The molecule has 0 saturated carbocycles. The van der Waals surface area contributed by atoms with Gasteiger partial charge in [0.15, 0.2) is 0 Å². The van der Waals surface area contributed by atoms with Crippen LogP contribution in [0.25, 0.3) is 0 Å². The zero-order chi connectivity index (χ0) is 13.2. The second kappa shape index (κ2) is 5.24. The fourth-order valence-electron chi connectivity index (χ4n) is 2.78. The number of hydrogen-bond donors (Lipinski definition) is 2. The third-order valence-electron chi connectivity index (χ3n) is 3.87. The lowest BCUT2D eigenvalue weighted by Crippen LogP contribution is -2.55. The molecule has 102 valence electrons. The number of nitrogens with one attached hydrogen (secondary N) is 2. The lowest BCUT2D eigenvalue weighted by molar-refractivity contribution is -0.0366. The second-order valence-corrected chi connectivity index (χ2v) is 4.84. The van der Waals surface area contributed by atoms with E-state index in [9.17, 15) is 4.79 Å². The molecule has 2 N–H and O–H groups in total. The Labute approximate surface area is 107 Å². The first-order valence-corrected chi connectivity index (χ1v) is 6.42.